The minimum atomic E-state index is -0.269. The zero-order valence-electron chi connectivity index (χ0n) is 12.8. The molecule has 116 valence electrons. The number of halogens is 1. The third-order valence-electron chi connectivity index (χ3n) is 2.50. The molecule has 0 spiro atoms. The molecule has 1 aromatic carbocycles. The molecule has 0 fully saturated rings. The van der Waals surface area contributed by atoms with Crippen molar-refractivity contribution < 1.29 is 9.53 Å². The van der Waals surface area contributed by atoms with Crippen molar-refractivity contribution in [3.05, 3.63) is 41.4 Å². The van der Waals surface area contributed by atoms with E-state index in [1.54, 1.807) is 18.2 Å². The van der Waals surface area contributed by atoms with Gasteiger partial charge in [0, 0.05) is 29.2 Å². The molecule has 0 aliphatic carbocycles. The van der Waals surface area contributed by atoms with Gasteiger partial charge in [0.15, 0.2) is 6.61 Å². The molecule has 0 atom stereocenters. The Morgan fingerprint density at radius 3 is 2.76 bits per heavy atom. The van der Waals surface area contributed by atoms with Crippen molar-refractivity contribution in [2.45, 2.75) is 32.9 Å². The first-order chi connectivity index (χ1) is 9.81. The van der Waals surface area contributed by atoms with Gasteiger partial charge in [-0.3, -0.25) is 4.79 Å². The number of carbonyl (C=O) groups is 1. The molecule has 0 saturated carbocycles. The van der Waals surface area contributed by atoms with Crippen molar-refractivity contribution in [1.82, 2.24) is 10.6 Å². The molecule has 1 amide bonds. The Hall–Kier alpha value is -1.52. The molecular formula is C16H23ClN2O2. The van der Waals surface area contributed by atoms with E-state index in [1.165, 1.54) is 0 Å². The van der Waals surface area contributed by atoms with Crippen LogP contribution in [0, 0.1) is 0 Å². The molecule has 0 saturated heterocycles. The Labute approximate surface area is 131 Å². The van der Waals surface area contributed by atoms with Crippen LogP contribution >= 0.6 is 11.6 Å². The summed E-state index contributed by atoms with van der Waals surface area (Å²) in [5.74, 6) is 0.502. The van der Waals surface area contributed by atoms with Gasteiger partial charge >= 0.3 is 0 Å². The number of ether oxygens (including phenoxy) is 1. The van der Waals surface area contributed by atoms with Crippen molar-refractivity contribution in [2.75, 3.05) is 13.2 Å². The van der Waals surface area contributed by atoms with Gasteiger partial charge in [-0.25, -0.2) is 0 Å². The zero-order valence-corrected chi connectivity index (χ0v) is 13.6. The van der Waals surface area contributed by atoms with Crippen LogP contribution in [0.2, 0.25) is 5.02 Å². The van der Waals surface area contributed by atoms with Gasteiger partial charge in [0.05, 0.1) is 0 Å². The molecule has 0 heterocycles. The third-order valence-corrected chi connectivity index (χ3v) is 2.73. The Morgan fingerprint density at radius 1 is 1.43 bits per heavy atom. The van der Waals surface area contributed by atoms with Crippen molar-refractivity contribution in [1.29, 1.82) is 0 Å². The Kier molecular flexibility index (Phi) is 6.72. The van der Waals surface area contributed by atoms with Crippen LogP contribution in [0.1, 0.15) is 26.3 Å². The molecule has 0 aliphatic rings. The molecule has 0 aromatic heterocycles. The smallest absolute Gasteiger partial charge is 0.258 e. The second-order valence-corrected chi connectivity index (χ2v) is 6.19. The summed E-state index contributed by atoms with van der Waals surface area (Å²) < 4.78 is 5.59. The number of hydrogen-bond acceptors (Lipinski definition) is 3. The highest BCUT2D eigenvalue weighted by atomic mass is 35.5. The van der Waals surface area contributed by atoms with Crippen molar-refractivity contribution >= 4 is 17.5 Å². The summed E-state index contributed by atoms with van der Waals surface area (Å²) in [7, 11) is 0. The highest BCUT2D eigenvalue weighted by Crippen LogP contribution is 2.22. The summed E-state index contributed by atoms with van der Waals surface area (Å²) in [4.78, 5) is 11.8. The zero-order chi connectivity index (χ0) is 15.9. The first-order valence-electron chi connectivity index (χ1n) is 6.85. The van der Waals surface area contributed by atoms with E-state index in [2.05, 4.69) is 17.2 Å². The summed E-state index contributed by atoms with van der Waals surface area (Å²) in [6, 6.07) is 5.35. The quantitative estimate of drug-likeness (QED) is 0.601. The van der Waals surface area contributed by atoms with E-state index in [0.29, 0.717) is 23.9 Å². The van der Waals surface area contributed by atoms with Gasteiger partial charge in [-0.1, -0.05) is 17.7 Å². The third kappa shape index (κ3) is 7.16. The monoisotopic (exact) mass is 310 g/mol. The molecule has 0 radical (unpaired) electrons. The molecule has 21 heavy (non-hydrogen) atoms. The number of rotatable bonds is 7. The largest absolute Gasteiger partial charge is 0.483 e. The fourth-order valence-corrected chi connectivity index (χ4v) is 1.93. The van der Waals surface area contributed by atoms with E-state index in [0.717, 1.165) is 5.56 Å². The lowest BCUT2D eigenvalue weighted by Gasteiger charge is -2.21. The van der Waals surface area contributed by atoms with Gasteiger partial charge in [0.1, 0.15) is 5.75 Å². The van der Waals surface area contributed by atoms with Crippen molar-refractivity contribution in [3.8, 4) is 5.75 Å². The molecule has 1 rings (SSSR count). The van der Waals surface area contributed by atoms with Gasteiger partial charge in [0.25, 0.3) is 5.91 Å². The molecule has 5 heteroatoms. The van der Waals surface area contributed by atoms with Gasteiger partial charge < -0.3 is 15.4 Å². The molecule has 1 aromatic rings. The average Bonchev–Trinajstić information content (AvgIpc) is 2.36. The maximum atomic E-state index is 11.8. The van der Waals surface area contributed by atoms with Crippen LogP contribution in [0.5, 0.6) is 5.75 Å². The van der Waals surface area contributed by atoms with Crippen LogP contribution < -0.4 is 15.4 Å². The van der Waals surface area contributed by atoms with E-state index in [4.69, 9.17) is 16.3 Å². The lowest BCUT2D eigenvalue weighted by molar-refractivity contribution is -0.124. The van der Waals surface area contributed by atoms with Crippen LogP contribution in [0.15, 0.2) is 30.9 Å². The predicted octanol–water partition coefficient (Wildman–Crippen LogP) is 2.91. The van der Waals surface area contributed by atoms with E-state index >= 15 is 0 Å². The Morgan fingerprint density at radius 2 is 2.14 bits per heavy atom. The van der Waals surface area contributed by atoms with E-state index in [-0.39, 0.29) is 18.1 Å². The number of carbonyl (C=O) groups excluding carboxylic acids is 1. The molecule has 2 N–H and O–H groups in total. The summed E-state index contributed by atoms with van der Waals surface area (Å²) in [6.45, 7) is 10.7. The summed E-state index contributed by atoms with van der Waals surface area (Å²) in [6.07, 6.45) is 1.78. The van der Waals surface area contributed by atoms with Crippen LogP contribution in [0.4, 0.5) is 0 Å². The van der Waals surface area contributed by atoms with Crippen LogP contribution in [-0.2, 0) is 11.3 Å². The lowest BCUT2D eigenvalue weighted by Crippen LogP contribution is -2.43. The molecule has 0 bridgehead atoms. The molecule has 0 aliphatic heterocycles. The molecule has 0 unspecified atom stereocenters. The standard InChI is InChI=1S/C16H23ClN2O2/c1-5-8-18-10-12-9-13(17)6-7-14(12)21-11-15(20)19-16(2,3)4/h5-7,9,18H,1,8,10-11H2,2-4H3,(H,19,20). The average molecular weight is 311 g/mol. The summed E-state index contributed by atoms with van der Waals surface area (Å²) >= 11 is 6.00. The highest BCUT2D eigenvalue weighted by molar-refractivity contribution is 6.30. The normalized spacial score (nSPS) is 11.0. The van der Waals surface area contributed by atoms with Crippen molar-refractivity contribution in [2.24, 2.45) is 0 Å². The first kappa shape index (κ1) is 17.5. The van der Waals surface area contributed by atoms with Crippen molar-refractivity contribution in [3.63, 3.8) is 0 Å². The molecule has 4 nitrogen and oxygen atoms in total. The highest BCUT2D eigenvalue weighted by Gasteiger charge is 2.14. The Bertz CT molecular complexity index is 496. The van der Waals surface area contributed by atoms with Gasteiger partial charge in [-0.15, -0.1) is 6.58 Å². The number of benzene rings is 1. The second-order valence-electron chi connectivity index (χ2n) is 5.76. The van der Waals surface area contributed by atoms with Crippen LogP contribution in [0.3, 0.4) is 0 Å². The molecular weight excluding hydrogens is 288 g/mol. The fourth-order valence-electron chi connectivity index (χ4n) is 1.73. The predicted molar refractivity (Wildman–Crippen MR) is 86.7 cm³/mol. The van der Waals surface area contributed by atoms with E-state index in [1.807, 2.05) is 26.8 Å². The number of amides is 1. The van der Waals surface area contributed by atoms with Gasteiger partial charge in [-0.05, 0) is 39.0 Å². The topological polar surface area (TPSA) is 50.4 Å². The second kappa shape index (κ2) is 8.05. The SMILES string of the molecule is C=CCNCc1cc(Cl)ccc1OCC(=O)NC(C)(C)C. The summed E-state index contributed by atoms with van der Waals surface area (Å²) in [5.41, 5.74) is 0.641. The number of hydrogen-bond donors (Lipinski definition) is 2. The van der Waals surface area contributed by atoms with Crippen LogP contribution in [0.25, 0.3) is 0 Å². The van der Waals surface area contributed by atoms with E-state index in [9.17, 15) is 4.79 Å². The van der Waals surface area contributed by atoms with Crippen LogP contribution in [-0.4, -0.2) is 24.6 Å². The van der Waals surface area contributed by atoms with Gasteiger partial charge in [0.2, 0.25) is 0 Å². The first-order valence-corrected chi connectivity index (χ1v) is 7.23. The van der Waals surface area contributed by atoms with E-state index < -0.39 is 0 Å². The fraction of sp³-hybridized carbons (Fsp3) is 0.438. The maximum Gasteiger partial charge on any atom is 0.258 e. The maximum absolute atomic E-state index is 11.8. The Balaban J connectivity index is 2.65. The lowest BCUT2D eigenvalue weighted by atomic mass is 10.1. The summed E-state index contributed by atoms with van der Waals surface area (Å²) in [5, 5.41) is 6.68. The van der Waals surface area contributed by atoms with Gasteiger partial charge in [-0.2, -0.15) is 0 Å². The number of nitrogens with one attached hydrogen (secondary N) is 2. The minimum absolute atomic E-state index is 0.0205. The minimum Gasteiger partial charge on any atom is -0.483 e.